The van der Waals surface area contributed by atoms with Gasteiger partial charge in [-0.15, -0.1) is 16.9 Å². The summed E-state index contributed by atoms with van der Waals surface area (Å²) in [5.41, 5.74) is 0.875. The molecule has 2 rings (SSSR count). The van der Waals surface area contributed by atoms with E-state index in [1.54, 1.807) is 18.7 Å². The molecule has 1 N–H and O–H groups in total. The summed E-state index contributed by atoms with van der Waals surface area (Å²) in [6, 6.07) is 7.83. The molecule has 0 bridgehead atoms. The zero-order valence-electron chi connectivity index (χ0n) is 10.6. The first-order valence-electron chi connectivity index (χ1n) is 5.75. The third-order valence-electron chi connectivity index (χ3n) is 2.75. The van der Waals surface area contributed by atoms with Crippen molar-refractivity contribution in [3.8, 4) is 11.4 Å². The Morgan fingerprint density at radius 3 is 2.68 bits per heavy atom. The minimum Gasteiger partial charge on any atom is -0.481 e. The lowest BCUT2D eigenvalue weighted by molar-refractivity contribution is -0.141. The van der Waals surface area contributed by atoms with E-state index in [0.717, 1.165) is 10.5 Å². The van der Waals surface area contributed by atoms with E-state index in [9.17, 15) is 4.79 Å². The molecule has 0 saturated carbocycles. The van der Waals surface area contributed by atoms with Crippen LogP contribution in [-0.4, -0.2) is 37.5 Å². The van der Waals surface area contributed by atoms with Gasteiger partial charge in [0.05, 0.1) is 12.5 Å². The fourth-order valence-electron chi connectivity index (χ4n) is 1.61. The Morgan fingerprint density at radius 1 is 1.42 bits per heavy atom. The van der Waals surface area contributed by atoms with Crippen LogP contribution in [0.3, 0.4) is 0 Å². The van der Waals surface area contributed by atoms with Crippen molar-refractivity contribution < 1.29 is 9.90 Å². The van der Waals surface area contributed by atoms with Crippen LogP contribution in [0.1, 0.15) is 6.92 Å². The normalized spacial score (nSPS) is 12.3. The second-order valence-corrected chi connectivity index (χ2v) is 5.03. The summed E-state index contributed by atoms with van der Waals surface area (Å²) >= 11 is 1.66. The number of benzene rings is 1. The molecule has 2 aromatic rings. The molecule has 7 heteroatoms. The number of thioether (sulfide) groups is 1. The third kappa shape index (κ3) is 3.11. The van der Waals surface area contributed by atoms with Crippen molar-refractivity contribution >= 4 is 17.7 Å². The highest BCUT2D eigenvalue weighted by atomic mass is 32.2. The number of carboxylic acids is 1. The van der Waals surface area contributed by atoms with E-state index >= 15 is 0 Å². The van der Waals surface area contributed by atoms with Crippen LogP contribution in [-0.2, 0) is 11.3 Å². The predicted octanol–water partition coefficient (Wildman–Crippen LogP) is 1.78. The van der Waals surface area contributed by atoms with Crippen LogP contribution < -0.4 is 0 Å². The van der Waals surface area contributed by atoms with Crippen molar-refractivity contribution in [1.82, 2.24) is 20.2 Å². The van der Waals surface area contributed by atoms with Gasteiger partial charge in [-0.25, -0.2) is 4.68 Å². The number of hydrogen-bond donors (Lipinski definition) is 1. The van der Waals surface area contributed by atoms with Crippen LogP contribution in [0.2, 0.25) is 0 Å². The SMILES string of the molecule is CSc1ccc(-c2nnnn2CC(C)C(=O)O)cc1. The number of aromatic nitrogens is 4. The summed E-state index contributed by atoms with van der Waals surface area (Å²) in [5, 5.41) is 20.3. The average molecular weight is 278 g/mol. The van der Waals surface area contributed by atoms with Crippen LogP contribution in [0.25, 0.3) is 11.4 Å². The van der Waals surface area contributed by atoms with Gasteiger partial charge < -0.3 is 5.11 Å². The zero-order chi connectivity index (χ0) is 13.8. The number of hydrogen-bond acceptors (Lipinski definition) is 5. The third-order valence-corrected chi connectivity index (χ3v) is 3.49. The van der Waals surface area contributed by atoms with Crippen LogP contribution >= 0.6 is 11.8 Å². The van der Waals surface area contributed by atoms with Crippen LogP contribution in [0, 0.1) is 5.92 Å². The van der Waals surface area contributed by atoms with Crippen molar-refractivity contribution in [3.05, 3.63) is 24.3 Å². The topological polar surface area (TPSA) is 80.9 Å². The summed E-state index contributed by atoms with van der Waals surface area (Å²) in [7, 11) is 0. The maximum atomic E-state index is 10.9. The Labute approximate surface area is 114 Å². The van der Waals surface area contributed by atoms with Crippen molar-refractivity contribution in [3.63, 3.8) is 0 Å². The number of rotatable bonds is 5. The highest BCUT2D eigenvalue weighted by Crippen LogP contribution is 2.21. The fourth-order valence-corrected chi connectivity index (χ4v) is 2.02. The molecule has 0 saturated heterocycles. The molecule has 1 heterocycles. The summed E-state index contributed by atoms with van der Waals surface area (Å²) in [6.07, 6.45) is 2.01. The van der Waals surface area contributed by atoms with Gasteiger partial charge >= 0.3 is 5.97 Å². The van der Waals surface area contributed by atoms with Crippen molar-refractivity contribution in [2.45, 2.75) is 18.4 Å². The number of carboxylic acid groups (broad SMARTS) is 1. The predicted molar refractivity (Wildman–Crippen MR) is 71.8 cm³/mol. The summed E-state index contributed by atoms with van der Waals surface area (Å²) in [5.74, 6) is -0.812. The quantitative estimate of drug-likeness (QED) is 0.840. The van der Waals surface area contributed by atoms with Gasteiger partial charge in [-0.3, -0.25) is 4.79 Å². The minimum atomic E-state index is -0.862. The van der Waals surface area contributed by atoms with Gasteiger partial charge in [-0.05, 0) is 28.8 Å². The van der Waals surface area contributed by atoms with Crippen molar-refractivity contribution in [2.24, 2.45) is 5.92 Å². The molecule has 1 unspecified atom stereocenters. The Morgan fingerprint density at radius 2 is 2.11 bits per heavy atom. The van der Waals surface area contributed by atoms with E-state index in [-0.39, 0.29) is 6.54 Å². The van der Waals surface area contributed by atoms with E-state index in [4.69, 9.17) is 5.11 Å². The van der Waals surface area contributed by atoms with Gasteiger partial charge in [0.1, 0.15) is 0 Å². The molecule has 0 radical (unpaired) electrons. The lowest BCUT2D eigenvalue weighted by Gasteiger charge is -2.08. The lowest BCUT2D eigenvalue weighted by Crippen LogP contribution is -2.18. The Kier molecular flexibility index (Phi) is 4.16. The molecule has 1 aromatic carbocycles. The maximum absolute atomic E-state index is 10.9. The molecular formula is C12H14N4O2S. The molecule has 0 fully saturated rings. The molecular weight excluding hydrogens is 264 g/mol. The first kappa shape index (κ1) is 13.5. The molecule has 6 nitrogen and oxygen atoms in total. The monoisotopic (exact) mass is 278 g/mol. The van der Waals surface area contributed by atoms with E-state index in [2.05, 4.69) is 15.5 Å². The Bertz CT molecular complexity index is 567. The van der Waals surface area contributed by atoms with E-state index in [1.165, 1.54) is 4.68 Å². The number of aliphatic carboxylic acids is 1. The summed E-state index contributed by atoms with van der Waals surface area (Å²) < 4.78 is 1.52. The Hall–Kier alpha value is -1.89. The molecule has 0 amide bonds. The number of tetrazole rings is 1. The maximum Gasteiger partial charge on any atom is 0.308 e. The minimum absolute atomic E-state index is 0.252. The van der Waals surface area contributed by atoms with Gasteiger partial charge in [-0.1, -0.05) is 19.1 Å². The standard InChI is InChI=1S/C12H14N4O2S/c1-8(12(17)18)7-16-11(13-14-15-16)9-3-5-10(19-2)6-4-9/h3-6,8H,7H2,1-2H3,(H,17,18). The smallest absolute Gasteiger partial charge is 0.308 e. The largest absolute Gasteiger partial charge is 0.481 e. The fraction of sp³-hybridized carbons (Fsp3) is 0.333. The highest BCUT2D eigenvalue weighted by Gasteiger charge is 2.16. The zero-order valence-corrected chi connectivity index (χ0v) is 11.5. The van der Waals surface area contributed by atoms with E-state index < -0.39 is 11.9 Å². The van der Waals surface area contributed by atoms with Gasteiger partial charge in [0.2, 0.25) is 0 Å². The van der Waals surface area contributed by atoms with Gasteiger partial charge in [0, 0.05) is 10.5 Å². The molecule has 0 aliphatic rings. The van der Waals surface area contributed by atoms with Gasteiger partial charge in [0.25, 0.3) is 0 Å². The van der Waals surface area contributed by atoms with Gasteiger partial charge in [-0.2, -0.15) is 0 Å². The molecule has 0 aliphatic heterocycles. The summed E-state index contributed by atoms with van der Waals surface area (Å²) in [4.78, 5) is 12.0. The highest BCUT2D eigenvalue weighted by molar-refractivity contribution is 7.98. The van der Waals surface area contributed by atoms with E-state index in [0.29, 0.717) is 5.82 Å². The average Bonchev–Trinajstić information content (AvgIpc) is 2.87. The van der Waals surface area contributed by atoms with Crippen molar-refractivity contribution in [1.29, 1.82) is 0 Å². The summed E-state index contributed by atoms with van der Waals surface area (Å²) in [6.45, 7) is 1.88. The van der Waals surface area contributed by atoms with Gasteiger partial charge in [0.15, 0.2) is 5.82 Å². The molecule has 19 heavy (non-hydrogen) atoms. The number of carbonyl (C=O) groups is 1. The van der Waals surface area contributed by atoms with E-state index in [1.807, 2.05) is 30.5 Å². The van der Waals surface area contributed by atoms with Crippen molar-refractivity contribution in [2.75, 3.05) is 6.26 Å². The Balaban J connectivity index is 2.25. The first-order valence-corrected chi connectivity index (χ1v) is 6.97. The number of nitrogens with zero attached hydrogens (tertiary/aromatic N) is 4. The van der Waals surface area contributed by atoms with Crippen LogP contribution in [0.5, 0.6) is 0 Å². The molecule has 1 aromatic heterocycles. The van der Waals surface area contributed by atoms with Crippen LogP contribution in [0.4, 0.5) is 0 Å². The molecule has 0 aliphatic carbocycles. The lowest BCUT2D eigenvalue weighted by atomic mass is 10.1. The first-order chi connectivity index (χ1) is 9.11. The molecule has 1 atom stereocenters. The molecule has 0 spiro atoms. The second kappa shape index (κ2) is 5.83. The molecule has 100 valence electrons. The van der Waals surface area contributed by atoms with Crippen LogP contribution in [0.15, 0.2) is 29.2 Å². The second-order valence-electron chi connectivity index (χ2n) is 4.15.